The van der Waals surface area contributed by atoms with Gasteiger partial charge in [-0.1, -0.05) is 11.6 Å². The zero-order chi connectivity index (χ0) is 13.9. The van der Waals surface area contributed by atoms with E-state index in [4.69, 9.17) is 16.9 Å². The van der Waals surface area contributed by atoms with Gasteiger partial charge in [0, 0.05) is 18.6 Å². The Bertz CT molecular complexity index is 785. The Morgan fingerprint density at radius 2 is 2.15 bits per heavy atom. The zero-order valence-electron chi connectivity index (χ0n) is 10.4. The number of aromatic nitrogens is 3. The average Bonchev–Trinajstić information content (AvgIpc) is 2.87. The van der Waals surface area contributed by atoms with Crippen LogP contribution in [-0.4, -0.2) is 14.4 Å². The van der Waals surface area contributed by atoms with E-state index < -0.39 is 0 Å². The minimum atomic E-state index is 0.540. The zero-order valence-corrected chi connectivity index (χ0v) is 11.2. The molecule has 0 aromatic carbocycles. The molecular formula is C14H10ClN5. The minimum absolute atomic E-state index is 0.540. The predicted molar refractivity (Wildman–Crippen MR) is 76.5 cm³/mol. The van der Waals surface area contributed by atoms with Crippen molar-refractivity contribution in [2.24, 2.45) is 0 Å². The highest BCUT2D eigenvalue weighted by atomic mass is 35.5. The van der Waals surface area contributed by atoms with Crippen LogP contribution in [0.2, 0.25) is 5.02 Å². The van der Waals surface area contributed by atoms with Gasteiger partial charge >= 0.3 is 0 Å². The van der Waals surface area contributed by atoms with Gasteiger partial charge in [-0.25, -0.2) is 9.97 Å². The van der Waals surface area contributed by atoms with Crippen molar-refractivity contribution in [2.75, 3.05) is 5.32 Å². The Balaban J connectivity index is 1.74. The molecule has 0 bridgehead atoms. The number of imidazole rings is 1. The van der Waals surface area contributed by atoms with Crippen molar-refractivity contribution in [3.8, 4) is 6.07 Å². The van der Waals surface area contributed by atoms with Gasteiger partial charge in [0.2, 0.25) is 0 Å². The summed E-state index contributed by atoms with van der Waals surface area (Å²) in [6.45, 7) is 0.554. The first-order valence-electron chi connectivity index (χ1n) is 5.98. The highest BCUT2D eigenvalue weighted by Crippen LogP contribution is 2.12. The summed E-state index contributed by atoms with van der Waals surface area (Å²) in [6, 6.07) is 9.20. The van der Waals surface area contributed by atoms with Crippen LogP contribution < -0.4 is 5.32 Å². The molecule has 6 heteroatoms. The van der Waals surface area contributed by atoms with Gasteiger partial charge in [0.15, 0.2) is 0 Å². The lowest BCUT2D eigenvalue weighted by atomic mass is 10.3. The third-order valence-electron chi connectivity index (χ3n) is 2.81. The Hall–Kier alpha value is -2.58. The second-order valence-corrected chi connectivity index (χ2v) is 4.68. The third-order valence-corrected chi connectivity index (χ3v) is 3.03. The maximum absolute atomic E-state index is 8.71. The van der Waals surface area contributed by atoms with Crippen LogP contribution in [0.1, 0.15) is 11.3 Å². The second-order valence-electron chi connectivity index (χ2n) is 4.24. The van der Waals surface area contributed by atoms with Crippen LogP contribution >= 0.6 is 11.6 Å². The van der Waals surface area contributed by atoms with Gasteiger partial charge in [-0.05, 0) is 24.3 Å². The maximum Gasteiger partial charge on any atom is 0.137 e. The summed E-state index contributed by atoms with van der Waals surface area (Å²) >= 11 is 5.93. The fourth-order valence-electron chi connectivity index (χ4n) is 1.85. The lowest BCUT2D eigenvalue weighted by molar-refractivity contribution is 1.06. The molecule has 3 heterocycles. The van der Waals surface area contributed by atoms with Crippen LogP contribution in [0.5, 0.6) is 0 Å². The molecule has 0 aliphatic rings. The molecule has 1 N–H and O–H groups in total. The highest BCUT2D eigenvalue weighted by molar-refractivity contribution is 6.30. The van der Waals surface area contributed by atoms with E-state index >= 15 is 0 Å². The summed E-state index contributed by atoms with van der Waals surface area (Å²) in [5.74, 6) is 0.707. The number of hydrogen-bond donors (Lipinski definition) is 1. The molecule has 98 valence electrons. The van der Waals surface area contributed by atoms with Crippen molar-refractivity contribution < 1.29 is 0 Å². The molecule has 0 aliphatic carbocycles. The van der Waals surface area contributed by atoms with Gasteiger partial charge in [-0.3, -0.25) is 0 Å². The summed E-state index contributed by atoms with van der Waals surface area (Å²) in [6.07, 6.45) is 5.26. The first-order valence-corrected chi connectivity index (χ1v) is 6.35. The van der Waals surface area contributed by atoms with E-state index in [1.54, 1.807) is 12.1 Å². The van der Waals surface area contributed by atoms with E-state index in [-0.39, 0.29) is 0 Å². The smallest absolute Gasteiger partial charge is 0.137 e. The average molecular weight is 284 g/mol. The fraction of sp³-hybridized carbons (Fsp3) is 0.0714. The summed E-state index contributed by atoms with van der Waals surface area (Å²) in [4.78, 5) is 8.61. The first-order chi connectivity index (χ1) is 9.74. The van der Waals surface area contributed by atoms with Crippen molar-refractivity contribution in [3.63, 3.8) is 0 Å². The Morgan fingerprint density at radius 1 is 1.25 bits per heavy atom. The number of anilines is 1. The normalized spacial score (nSPS) is 10.4. The van der Waals surface area contributed by atoms with Crippen molar-refractivity contribution in [2.45, 2.75) is 6.54 Å². The van der Waals surface area contributed by atoms with E-state index in [0.717, 1.165) is 11.3 Å². The molecule has 0 saturated carbocycles. The molecule has 0 fully saturated rings. The number of nitrogens with zero attached hydrogens (tertiary/aromatic N) is 4. The highest BCUT2D eigenvalue weighted by Gasteiger charge is 2.02. The van der Waals surface area contributed by atoms with Crippen LogP contribution in [0.3, 0.4) is 0 Å². The number of pyridine rings is 2. The molecule has 5 nitrogen and oxygen atoms in total. The van der Waals surface area contributed by atoms with E-state index in [0.29, 0.717) is 22.9 Å². The summed E-state index contributed by atoms with van der Waals surface area (Å²) in [7, 11) is 0. The van der Waals surface area contributed by atoms with Crippen LogP contribution in [-0.2, 0) is 6.54 Å². The maximum atomic E-state index is 8.71. The molecule has 20 heavy (non-hydrogen) atoms. The largest absolute Gasteiger partial charge is 0.364 e. The number of nitrogens with one attached hydrogen (secondary N) is 1. The summed E-state index contributed by atoms with van der Waals surface area (Å²) < 4.78 is 1.88. The lowest BCUT2D eigenvalue weighted by Gasteiger charge is -2.02. The number of fused-ring (bicyclic) bond motifs is 1. The Labute approximate surface area is 120 Å². The molecule has 0 aliphatic heterocycles. The van der Waals surface area contributed by atoms with Gasteiger partial charge in [0.05, 0.1) is 22.8 Å². The number of halogens is 1. The molecule has 3 rings (SSSR count). The fourth-order valence-corrected chi connectivity index (χ4v) is 2.02. The van der Waals surface area contributed by atoms with E-state index in [2.05, 4.69) is 15.3 Å². The molecule has 0 atom stereocenters. The van der Waals surface area contributed by atoms with Crippen LogP contribution in [0.25, 0.3) is 5.65 Å². The monoisotopic (exact) mass is 283 g/mol. The molecule has 3 aromatic heterocycles. The molecule has 0 saturated heterocycles. The topological polar surface area (TPSA) is 66.0 Å². The number of nitriles is 1. The van der Waals surface area contributed by atoms with Crippen LogP contribution in [0, 0.1) is 11.3 Å². The van der Waals surface area contributed by atoms with Crippen molar-refractivity contribution in [3.05, 3.63) is 59.1 Å². The number of rotatable bonds is 3. The molecule has 0 unspecified atom stereocenters. The van der Waals surface area contributed by atoms with Crippen LogP contribution in [0.4, 0.5) is 5.82 Å². The lowest BCUT2D eigenvalue weighted by Crippen LogP contribution is -2.01. The molecule has 0 amide bonds. The third kappa shape index (κ3) is 2.56. The van der Waals surface area contributed by atoms with Crippen molar-refractivity contribution in [1.82, 2.24) is 14.4 Å². The van der Waals surface area contributed by atoms with E-state index in [1.165, 1.54) is 6.20 Å². The number of hydrogen-bond acceptors (Lipinski definition) is 4. The quantitative estimate of drug-likeness (QED) is 0.803. The van der Waals surface area contributed by atoms with Crippen LogP contribution in [0.15, 0.2) is 42.9 Å². The van der Waals surface area contributed by atoms with Crippen molar-refractivity contribution >= 4 is 23.1 Å². The molecule has 3 aromatic rings. The molecule has 0 radical (unpaired) electrons. The van der Waals surface area contributed by atoms with Gasteiger partial charge in [0.1, 0.15) is 17.5 Å². The Kier molecular flexibility index (Phi) is 3.23. The second kappa shape index (κ2) is 5.19. The van der Waals surface area contributed by atoms with Gasteiger partial charge in [0.25, 0.3) is 0 Å². The van der Waals surface area contributed by atoms with Gasteiger partial charge in [-0.15, -0.1) is 0 Å². The Morgan fingerprint density at radius 3 is 2.90 bits per heavy atom. The molecular weight excluding hydrogens is 274 g/mol. The van der Waals surface area contributed by atoms with E-state index in [9.17, 15) is 0 Å². The minimum Gasteiger partial charge on any atom is -0.364 e. The standard InChI is InChI=1S/C14H10ClN5/c15-11-2-4-14-19-12(9-20(14)8-11)7-18-13-3-1-10(5-16)6-17-13/h1-4,6,8-9H,7H2,(H,17,18). The predicted octanol–water partition coefficient (Wildman–Crippen LogP) is 2.87. The van der Waals surface area contributed by atoms with Crippen molar-refractivity contribution in [1.29, 1.82) is 5.26 Å². The SMILES string of the molecule is N#Cc1ccc(NCc2cn3cc(Cl)ccc3n2)nc1. The molecule has 0 spiro atoms. The summed E-state index contributed by atoms with van der Waals surface area (Å²) in [5, 5.41) is 12.5. The summed E-state index contributed by atoms with van der Waals surface area (Å²) in [5.41, 5.74) is 2.27. The van der Waals surface area contributed by atoms with E-state index in [1.807, 2.05) is 35.0 Å². The van der Waals surface area contributed by atoms with Gasteiger partial charge < -0.3 is 9.72 Å². The first kappa shape index (κ1) is 12.5. The van der Waals surface area contributed by atoms with Gasteiger partial charge in [-0.2, -0.15) is 5.26 Å².